The highest BCUT2D eigenvalue weighted by atomic mass is 15.2. The maximum atomic E-state index is 4.33. The van der Waals surface area contributed by atoms with Crippen LogP contribution in [0.15, 0.2) is 12.3 Å². The van der Waals surface area contributed by atoms with Crippen LogP contribution < -0.4 is 5.32 Å². The number of hydrogen-bond acceptors (Lipinski definition) is 4. The maximum absolute atomic E-state index is 4.33. The fourth-order valence-electron chi connectivity index (χ4n) is 2.12. The van der Waals surface area contributed by atoms with Gasteiger partial charge in [0.05, 0.1) is 0 Å². The Morgan fingerprint density at radius 3 is 2.88 bits per heavy atom. The van der Waals surface area contributed by atoms with Gasteiger partial charge in [0, 0.05) is 18.8 Å². The van der Waals surface area contributed by atoms with E-state index in [1.165, 1.54) is 25.9 Å². The minimum atomic E-state index is 0.581. The van der Waals surface area contributed by atoms with E-state index in [1.54, 1.807) is 6.20 Å². The van der Waals surface area contributed by atoms with E-state index in [0.717, 1.165) is 18.2 Å². The van der Waals surface area contributed by atoms with Crippen LogP contribution in [0.25, 0.3) is 0 Å². The van der Waals surface area contributed by atoms with Gasteiger partial charge in [-0.3, -0.25) is 4.90 Å². The summed E-state index contributed by atoms with van der Waals surface area (Å²) in [5, 5.41) is 3.37. The first-order valence-corrected chi connectivity index (χ1v) is 6.03. The molecule has 0 spiro atoms. The summed E-state index contributed by atoms with van der Waals surface area (Å²) < 4.78 is 0. The zero-order valence-corrected chi connectivity index (χ0v) is 10.1. The normalized spacial score (nSPS) is 18.6. The molecule has 0 radical (unpaired) electrons. The van der Waals surface area contributed by atoms with E-state index >= 15 is 0 Å². The lowest BCUT2D eigenvalue weighted by atomic mass is 10.3. The molecule has 0 saturated carbocycles. The highest BCUT2D eigenvalue weighted by molar-refractivity contribution is 5.32. The molecule has 2 heterocycles. The summed E-state index contributed by atoms with van der Waals surface area (Å²) in [5.41, 5.74) is 0. The Morgan fingerprint density at radius 2 is 2.19 bits per heavy atom. The molecule has 1 unspecified atom stereocenters. The van der Waals surface area contributed by atoms with Gasteiger partial charge in [-0.05, 0) is 45.8 Å². The van der Waals surface area contributed by atoms with E-state index in [2.05, 4.69) is 27.1 Å². The quantitative estimate of drug-likeness (QED) is 0.838. The Bertz CT molecular complexity index is 334. The number of anilines is 1. The molecule has 1 aromatic rings. The molecule has 88 valence electrons. The van der Waals surface area contributed by atoms with Crippen LogP contribution in [0, 0.1) is 6.92 Å². The average Bonchev–Trinajstić information content (AvgIpc) is 2.79. The van der Waals surface area contributed by atoms with Gasteiger partial charge in [0.1, 0.15) is 11.6 Å². The van der Waals surface area contributed by atoms with Crippen molar-refractivity contribution in [1.82, 2.24) is 14.9 Å². The Kier molecular flexibility index (Phi) is 3.72. The lowest BCUT2D eigenvalue weighted by Gasteiger charge is -2.24. The molecule has 1 aliphatic rings. The highest BCUT2D eigenvalue weighted by Gasteiger charge is 2.17. The molecule has 0 aliphatic carbocycles. The van der Waals surface area contributed by atoms with Crippen molar-refractivity contribution < 1.29 is 0 Å². The number of rotatable bonds is 4. The molecule has 0 bridgehead atoms. The highest BCUT2D eigenvalue weighted by Crippen LogP contribution is 2.12. The number of aryl methyl sites for hydroxylation is 1. The van der Waals surface area contributed by atoms with Crippen LogP contribution in [-0.2, 0) is 0 Å². The summed E-state index contributed by atoms with van der Waals surface area (Å²) >= 11 is 0. The Morgan fingerprint density at radius 1 is 1.44 bits per heavy atom. The molecule has 1 fully saturated rings. The van der Waals surface area contributed by atoms with E-state index in [-0.39, 0.29) is 0 Å². The summed E-state index contributed by atoms with van der Waals surface area (Å²) in [7, 11) is 0. The summed E-state index contributed by atoms with van der Waals surface area (Å²) in [4.78, 5) is 10.9. The fraction of sp³-hybridized carbons (Fsp3) is 0.667. The SMILES string of the molecule is Cc1nccc(NCC(C)N2CCCC2)n1. The van der Waals surface area contributed by atoms with E-state index in [1.807, 2.05) is 13.0 Å². The van der Waals surface area contributed by atoms with Gasteiger partial charge < -0.3 is 5.32 Å². The largest absolute Gasteiger partial charge is 0.368 e. The predicted octanol–water partition coefficient (Wildman–Crippen LogP) is 1.68. The van der Waals surface area contributed by atoms with Crippen LogP contribution in [0.3, 0.4) is 0 Å². The number of likely N-dealkylation sites (tertiary alicyclic amines) is 1. The number of hydrogen-bond donors (Lipinski definition) is 1. The van der Waals surface area contributed by atoms with E-state index < -0.39 is 0 Å². The predicted molar refractivity (Wildman–Crippen MR) is 65.5 cm³/mol. The summed E-state index contributed by atoms with van der Waals surface area (Å²) in [5.74, 6) is 1.75. The Hall–Kier alpha value is -1.16. The second-order valence-electron chi connectivity index (χ2n) is 4.46. The fourth-order valence-corrected chi connectivity index (χ4v) is 2.12. The third kappa shape index (κ3) is 2.92. The van der Waals surface area contributed by atoms with Crippen molar-refractivity contribution in [2.45, 2.75) is 32.7 Å². The molecule has 0 amide bonds. The van der Waals surface area contributed by atoms with Gasteiger partial charge in [-0.25, -0.2) is 9.97 Å². The van der Waals surface area contributed by atoms with Crippen LogP contribution in [0.1, 0.15) is 25.6 Å². The van der Waals surface area contributed by atoms with Crippen molar-refractivity contribution in [3.63, 3.8) is 0 Å². The first-order valence-electron chi connectivity index (χ1n) is 6.03. The van der Waals surface area contributed by atoms with Crippen molar-refractivity contribution in [3.8, 4) is 0 Å². The molecule has 16 heavy (non-hydrogen) atoms. The van der Waals surface area contributed by atoms with Crippen LogP contribution in [0.5, 0.6) is 0 Å². The third-order valence-electron chi connectivity index (χ3n) is 3.12. The molecule has 4 heteroatoms. The Labute approximate surface area is 97.1 Å². The van der Waals surface area contributed by atoms with Gasteiger partial charge in [-0.2, -0.15) is 0 Å². The van der Waals surface area contributed by atoms with E-state index in [4.69, 9.17) is 0 Å². The molecule has 0 aromatic carbocycles. The maximum Gasteiger partial charge on any atom is 0.129 e. The second kappa shape index (κ2) is 5.25. The van der Waals surface area contributed by atoms with Gasteiger partial charge in [0.2, 0.25) is 0 Å². The van der Waals surface area contributed by atoms with Crippen molar-refractivity contribution >= 4 is 5.82 Å². The second-order valence-corrected chi connectivity index (χ2v) is 4.46. The molecular formula is C12H20N4. The topological polar surface area (TPSA) is 41.1 Å². The molecule has 1 aromatic heterocycles. The van der Waals surface area contributed by atoms with Crippen LogP contribution in [0.4, 0.5) is 5.82 Å². The van der Waals surface area contributed by atoms with E-state index in [0.29, 0.717) is 6.04 Å². The molecule has 1 atom stereocenters. The van der Waals surface area contributed by atoms with Crippen LogP contribution in [-0.4, -0.2) is 40.5 Å². The zero-order valence-electron chi connectivity index (χ0n) is 10.1. The minimum absolute atomic E-state index is 0.581. The molecule has 1 saturated heterocycles. The summed E-state index contributed by atoms with van der Waals surface area (Å²) in [6, 6.07) is 2.50. The van der Waals surface area contributed by atoms with Gasteiger partial charge in [-0.15, -0.1) is 0 Å². The third-order valence-corrected chi connectivity index (χ3v) is 3.12. The number of nitrogens with zero attached hydrogens (tertiary/aromatic N) is 3. The van der Waals surface area contributed by atoms with E-state index in [9.17, 15) is 0 Å². The number of aromatic nitrogens is 2. The monoisotopic (exact) mass is 220 g/mol. The van der Waals surface area contributed by atoms with Crippen molar-refractivity contribution in [1.29, 1.82) is 0 Å². The first kappa shape index (κ1) is 11.3. The van der Waals surface area contributed by atoms with Crippen molar-refractivity contribution in [2.24, 2.45) is 0 Å². The molecule has 1 aliphatic heterocycles. The van der Waals surface area contributed by atoms with Gasteiger partial charge >= 0.3 is 0 Å². The smallest absolute Gasteiger partial charge is 0.129 e. The van der Waals surface area contributed by atoms with Gasteiger partial charge in [-0.1, -0.05) is 0 Å². The summed E-state index contributed by atoms with van der Waals surface area (Å²) in [6.07, 6.45) is 4.49. The molecule has 2 rings (SSSR count). The van der Waals surface area contributed by atoms with Crippen LogP contribution >= 0.6 is 0 Å². The molecular weight excluding hydrogens is 200 g/mol. The lowest BCUT2D eigenvalue weighted by Crippen LogP contribution is -2.35. The van der Waals surface area contributed by atoms with Crippen LogP contribution in [0.2, 0.25) is 0 Å². The minimum Gasteiger partial charge on any atom is -0.368 e. The van der Waals surface area contributed by atoms with Gasteiger partial charge in [0.25, 0.3) is 0 Å². The Balaban J connectivity index is 1.82. The molecule has 1 N–H and O–H groups in total. The summed E-state index contributed by atoms with van der Waals surface area (Å²) in [6.45, 7) is 7.62. The van der Waals surface area contributed by atoms with Crippen molar-refractivity contribution in [3.05, 3.63) is 18.1 Å². The first-order chi connectivity index (χ1) is 7.75. The zero-order chi connectivity index (χ0) is 11.4. The standard InChI is InChI=1S/C12H20N4/c1-10(16-7-3-4-8-16)9-14-12-5-6-13-11(2)15-12/h5-6,10H,3-4,7-9H2,1-2H3,(H,13,14,15). The lowest BCUT2D eigenvalue weighted by molar-refractivity contribution is 0.269. The van der Waals surface area contributed by atoms with Gasteiger partial charge in [0.15, 0.2) is 0 Å². The average molecular weight is 220 g/mol. The molecule has 4 nitrogen and oxygen atoms in total. The number of nitrogens with one attached hydrogen (secondary N) is 1. The van der Waals surface area contributed by atoms with Crippen molar-refractivity contribution in [2.75, 3.05) is 25.0 Å².